The lowest BCUT2D eigenvalue weighted by molar-refractivity contribution is -0.140. The number of carbonyl (C=O) groups excluding carboxylic acids is 3. The molecule has 3 amide bonds. The van der Waals surface area contributed by atoms with E-state index in [9.17, 15) is 24.6 Å². The van der Waals surface area contributed by atoms with Crippen molar-refractivity contribution in [3.05, 3.63) is 101 Å². The zero-order valence-corrected chi connectivity index (χ0v) is 25.1. The van der Waals surface area contributed by atoms with Gasteiger partial charge in [0.1, 0.15) is 11.8 Å². The lowest BCUT2D eigenvalue weighted by Gasteiger charge is -2.34. The van der Waals surface area contributed by atoms with E-state index in [1.165, 1.54) is 17.9 Å². The minimum Gasteiger partial charge on any atom is -0.508 e. The molecule has 3 aromatic carbocycles. The van der Waals surface area contributed by atoms with E-state index in [0.29, 0.717) is 24.0 Å². The Bertz CT molecular complexity index is 1340. The molecule has 4 N–H and O–H groups in total. The molecule has 0 aromatic heterocycles. The first-order valence-corrected chi connectivity index (χ1v) is 14.3. The number of nitrogens with one attached hydrogen (secondary N) is 2. The van der Waals surface area contributed by atoms with E-state index in [1.807, 2.05) is 81.4 Å². The number of rotatable bonds is 12. The van der Waals surface area contributed by atoms with Gasteiger partial charge >= 0.3 is 0 Å². The van der Waals surface area contributed by atoms with E-state index in [-0.39, 0.29) is 30.5 Å². The summed E-state index contributed by atoms with van der Waals surface area (Å²) >= 11 is 0. The molecule has 3 atom stereocenters. The second-order valence-corrected chi connectivity index (χ2v) is 11.7. The summed E-state index contributed by atoms with van der Waals surface area (Å²) in [6, 6.07) is 22.3. The van der Waals surface area contributed by atoms with Gasteiger partial charge in [-0.3, -0.25) is 14.4 Å². The summed E-state index contributed by atoms with van der Waals surface area (Å²) in [5.74, 6) is -0.966. The van der Waals surface area contributed by atoms with Crippen LogP contribution < -0.4 is 10.6 Å². The van der Waals surface area contributed by atoms with Crippen LogP contribution in [0.4, 0.5) is 0 Å². The molecule has 8 nitrogen and oxygen atoms in total. The third-order valence-corrected chi connectivity index (χ3v) is 7.15. The summed E-state index contributed by atoms with van der Waals surface area (Å²) in [6.45, 7) is 8.85. The maximum atomic E-state index is 13.4. The predicted octanol–water partition coefficient (Wildman–Crippen LogP) is 4.17. The number of nitrogens with zero attached hydrogens (tertiary/aromatic N) is 1. The molecule has 3 rings (SSSR count). The van der Waals surface area contributed by atoms with Gasteiger partial charge in [-0.2, -0.15) is 0 Å². The van der Waals surface area contributed by atoms with Crippen molar-refractivity contribution in [1.82, 2.24) is 15.5 Å². The monoisotopic (exact) mass is 573 g/mol. The first-order chi connectivity index (χ1) is 19.9. The Morgan fingerprint density at radius 1 is 0.857 bits per heavy atom. The summed E-state index contributed by atoms with van der Waals surface area (Å²) in [5.41, 5.74) is 2.09. The zero-order valence-electron chi connectivity index (χ0n) is 25.1. The molecule has 0 fully saturated rings. The maximum Gasteiger partial charge on any atom is 0.252 e. The van der Waals surface area contributed by atoms with Crippen molar-refractivity contribution in [2.24, 2.45) is 0 Å². The minimum absolute atomic E-state index is 0.0119. The lowest BCUT2D eigenvalue weighted by atomic mass is 9.97. The molecule has 0 spiro atoms. The highest BCUT2D eigenvalue weighted by Crippen LogP contribution is 2.21. The van der Waals surface area contributed by atoms with Crippen LogP contribution in [0.25, 0.3) is 0 Å². The van der Waals surface area contributed by atoms with Crippen molar-refractivity contribution in [2.75, 3.05) is 6.54 Å². The molecule has 0 aliphatic heterocycles. The van der Waals surface area contributed by atoms with Crippen LogP contribution >= 0.6 is 0 Å². The van der Waals surface area contributed by atoms with Gasteiger partial charge in [0.05, 0.1) is 12.1 Å². The average molecular weight is 574 g/mol. The van der Waals surface area contributed by atoms with Crippen molar-refractivity contribution >= 4 is 17.7 Å². The van der Waals surface area contributed by atoms with Crippen LogP contribution in [-0.4, -0.2) is 63.1 Å². The summed E-state index contributed by atoms with van der Waals surface area (Å²) < 4.78 is 0. The molecule has 2 unspecified atom stereocenters. The van der Waals surface area contributed by atoms with Crippen molar-refractivity contribution in [2.45, 2.75) is 77.6 Å². The number of aromatic hydroxyl groups is 1. The third kappa shape index (κ3) is 9.45. The van der Waals surface area contributed by atoms with Crippen LogP contribution in [-0.2, 0) is 22.4 Å². The van der Waals surface area contributed by atoms with E-state index in [0.717, 1.165) is 11.1 Å². The molecule has 3 aromatic rings. The van der Waals surface area contributed by atoms with Gasteiger partial charge in [-0.15, -0.1) is 0 Å². The molecule has 0 heterocycles. The fourth-order valence-electron chi connectivity index (χ4n) is 4.91. The van der Waals surface area contributed by atoms with Crippen molar-refractivity contribution in [3.63, 3.8) is 0 Å². The van der Waals surface area contributed by atoms with Crippen molar-refractivity contribution in [1.29, 1.82) is 0 Å². The Kier molecular flexibility index (Phi) is 11.3. The molecule has 0 aliphatic rings. The Hall–Kier alpha value is -4.17. The molecular weight excluding hydrogens is 530 g/mol. The number of phenols is 1. The predicted molar refractivity (Wildman–Crippen MR) is 164 cm³/mol. The summed E-state index contributed by atoms with van der Waals surface area (Å²) in [7, 11) is 0. The van der Waals surface area contributed by atoms with Gasteiger partial charge in [-0.25, -0.2) is 0 Å². The number of phenolic OH excluding ortho intramolecular Hbond substituents is 1. The van der Waals surface area contributed by atoms with Crippen LogP contribution in [0.2, 0.25) is 0 Å². The molecule has 0 aliphatic carbocycles. The second kappa shape index (κ2) is 14.6. The highest BCUT2D eigenvalue weighted by molar-refractivity contribution is 5.96. The Morgan fingerprint density at radius 3 is 1.98 bits per heavy atom. The molecular formula is C34H43N3O5. The number of aliphatic hydroxyl groups is 1. The van der Waals surface area contributed by atoms with Gasteiger partial charge in [-0.05, 0) is 63.8 Å². The first kappa shape index (κ1) is 32.3. The first-order valence-electron chi connectivity index (χ1n) is 14.3. The number of hydrogen-bond donors (Lipinski definition) is 4. The second-order valence-electron chi connectivity index (χ2n) is 11.7. The average Bonchev–Trinajstić information content (AvgIpc) is 2.93. The van der Waals surface area contributed by atoms with Crippen LogP contribution in [0.5, 0.6) is 5.75 Å². The van der Waals surface area contributed by atoms with Gasteiger partial charge in [0.2, 0.25) is 11.8 Å². The topological polar surface area (TPSA) is 119 Å². The third-order valence-electron chi connectivity index (χ3n) is 7.15. The fourth-order valence-corrected chi connectivity index (χ4v) is 4.91. The van der Waals surface area contributed by atoms with Gasteiger partial charge in [-0.1, -0.05) is 66.7 Å². The largest absolute Gasteiger partial charge is 0.508 e. The molecule has 0 bridgehead atoms. The van der Waals surface area contributed by atoms with Crippen molar-refractivity contribution < 1.29 is 24.6 Å². The Morgan fingerprint density at radius 2 is 1.43 bits per heavy atom. The number of hydrogen-bond acceptors (Lipinski definition) is 5. The number of amides is 3. The number of benzene rings is 3. The van der Waals surface area contributed by atoms with Gasteiger partial charge in [0.15, 0.2) is 0 Å². The molecule has 0 saturated carbocycles. The number of aliphatic hydroxyl groups excluding tert-OH is 1. The minimum atomic E-state index is -1.03. The summed E-state index contributed by atoms with van der Waals surface area (Å²) in [6.07, 6.45) is -0.232. The maximum absolute atomic E-state index is 13.4. The van der Waals surface area contributed by atoms with Gasteiger partial charge < -0.3 is 25.7 Å². The van der Waals surface area contributed by atoms with E-state index in [2.05, 4.69) is 10.6 Å². The van der Waals surface area contributed by atoms with E-state index < -0.39 is 29.6 Å². The molecule has 0 radical (unpaired) electrons. The van der Waals surface area contributed by atoms with Crippen LogP contribution in [0.1, 0.15) is 61.2 Å². The Labute approximate surface area is 248 Å². The van der Waals surface area contributed by atoms with Crippen molar-refractivity contribution in [3.8, 4) is 5.75 Å². The van der Waals surface area contributed by atoms with Crippen LogP contribution in [0.3, 0.4) is 0 Å². The molecule has 8 heteroatoms. The SMILES string of the molecule is CC(=O)N(CCC(O)[C@H](Cc1ccccc1)NC(=O)c1cccc(O)c1C)C(Cc1ccccc1)C(=O)NC(C)(C)C. The summed E-state index contributed by atoms with van der Waals surface area (Å²) in [5, 5.41) is 27.5. The molecule has 0 saturated heterocycles. The quantitative estimate of drug-likeness (QED) is 0.259. The Balaban J connectivity index is 1.84. The standard InChI is InChI=1S/C34H43N3O5/c1-23-27(17-12-18-30(23)39)32(41)35-28(21-25-13-8-6-9-14-25)31(40)19-20-37(24(2)38)29(33(42)36-34(3,4)5)22-26-15-10-7-11-16-26/h6-18,28-29,31,39-40H,19-22H2,1-5H3,(H,35,41)(H,36,42)/t28-,29?,31?/m0/s1. The van der Waals surface area contributed by atoms with Gasteiger partial charge in [0.25, 0.3) is 5.91 Å². The number of carbonyl (C=O) groups is 3. The highest BCUT2D eigenvalue weighted by Gasteiger charge is 2.32. The van der Waals surface area contributed by atoms with E-state index in [4.69, 9.17) is 0 Å². The van der Waals surface area contributed by atoms with Crippen LogP contribution in [0, 0.1) is 6.92 Å². The molecule has 42 heavy (non-hydrogen) atoms. The molecule has 224 valence electrons. The zero-order chi connectivity index (χ0) is 30.9. The normalized spacial score (nSPS) is 13.5. The van der Waals surface area contributed by atoms with E-state index in [1.54, 1.807) is 19.1 Å². The van der Waals surface area contributed by atoms with E-state index >= 15 is 0 Å². The summed E-state index contributed by atoms with van der Waals surface area (Å²) in [4.78, 5) is 41.1. The van der Waals surface area contributed by atoms with Gasteiger partial charge in [0, 0.05) is 36.6 Å². The highest BCUT2D eigenvalue weighted by atomic mass is 16.3. The van der Waals surface area contributed by atoms with Crippen LogP contribution in [0.15, 0.2) is 78.9 Å². The fraction of sp³-hybridized carbons (Fsp3) is 0.382. The smallest absolute Gasteiger partial charge is 0.252 e. The lowest BCUT2D eigenvalue weighted by Crippen LogP contribution is -2.55.